The Morgan fingerprint density at radius 3 is 2.50 bits per heavy atom. The molecular weight excluding hydrogens is 124 g/mol. The van der Waals surface area contributed by atoms with Crippen molar-refractivity contribution in [2.45, 2.75) is 27.2 Å². The van der Waals surface area contributed by atoms with Crippen LogP contribution in [0.25, 0.3) is 0 Å². The fourth-order valence-corrected chi connectivity index (χ4v) is 0.907. The minimum absolute atomic E-state index is 0.490. The van der Waals surface area contributed by atoms with E-state index in [-0.39, 0.29) is 0 Å². The predicted octanol–water partition coefficient (Wildman–Crippen LogP) is 1.91. The number of hydrogen-bond acceptors (Lipinski definition) is 2. The SMILES string of the molecule is CCC1=NC(C(C)C)=NC1. The fourth-order valence-electron chi connectivity index (χ4n) is 0.907. The average Bonchev–Trinajstić information content (AvgIpc) is 2.34. The second kappa shape index (κ2) is 2.95. The monoisotopic (exact) mass is 138 g/mol. The Labute approximate surface area is 62.1 Å². The molecule has 10 heavy (non-hydrogen) atoms. The number of hydrogen-bond donors (Lipinski definition) is 0. The van der Waals surface area contributed by atoms with Gasteiger partial charge in [0.2, 0.25) is 0 Å². The summed E-state index contributed by atoms with van der Waals surface area (Å²) in [5, 5.41) is 0. The van der Waals surface area contributed by atoms with E-state index in [4.69, 9.17) is 0 Å². The van der Waals surface area contributed by atoms with Gasteiger partial charge in [-0.25, -0.2) is 4.99 Å². The molecule has 2 heteroatoms. The zero-order valence-corrected chi connectivity index (χ0v) is 6.89. The van der Waals surface area contributed by atoms with Crippen LogP contribution in [0.15, 0.2) is 9.98 Å². The summed E-state index contributed by atoms with van der Waals surface area (Å²) in [6.45, 7) is 7.21. The van der Waals surface area contributed by atoms with Gasteiger partial charge in [-0.05, 0) is 6.42 Å². The van der Waals surface area contributed by atoms with Crippen LogP contribution in [0.2, 0.25) is 0 Å². The standard InChI is InChI=1S/C8H14N2/c1-4-7-5-9-8(10-7)6(2)3/h6H,4-5H2,1-3H3. The molecule has 0 aromatic carbocycles. The maximum Gasteiger partial charge on any atom is 0.126 e. The Morgan fingerprint density at radius 1 is 1.50 bits per heavy atom. The van der Waals surface area contributed by atoms with Gasteiger partial charge in [0.05, 0.1) is 6.54 Å². The summed E-state index contributed by atoms with van der Waals surface area (Å²) in [4.78, 5) is 8.67. The van der Waals surface area contributed by atoms with Crippen molar-refractivity contribution in [1.82, 2.24) is 0 Å². The lowest BCUT2D eigenvalue weighted by molar-refractivity contribution is 0.874. The minimum Gasteiger partial charge on any atom is -0.264 e. The first-order valence-corrected chi connectivity index (χ1v) is 3.84. The summed E-state index contributed by atoms with van der Waals surface area (Å²) in [6, 6.07) is 0. The fraction of sp³-hybridized carbons (Fsp3) is 0.750. The third kappa shape index (κ3) is 1.43. The maximum absolute atomic E-state index is 4.37. The summed E-state index contributed by atoms with van der Waals surface area (Å²) < 4.78 is 0. The summed E-state index contributed by atoms with van der Waals surface area (Å²) in [5.74, 6) is 1.51. The molecule has 2 nitrogen and oxygen atoms in total. The van der Waals surface area contributed by atoms with Crippen LogP contribution in [0.5, 0.6) is 0 Å². The Morgan fingerprint density at radius 2 is 2.20 bits per heavy atom. The second-order valence-electron chi connectivity index (χ2n) is 2.86. The van der Waals surface area contributed by atoms with Gasteiger partial charge in [0.25, 0.3) is 0 Å². The van der Waals surface area contributed by atoms with Crippen molar-refractivity contribution in [3.05, 3.63) is 0 Å². The number of amidine groups is 1. The minimum atomic E-state index is 0.490. The van der Waals surface area contributed by atoms with Gasteiger partial charge in [-0.3, -0.25) is 4.99 Å². The van der Waals surface area contributed by atoms with E-state index in [0.29, 0.717) is 5.92 Å². The summed E-state index contributed by atoms with van der Waals surface area (Å²) in [7, 11) is 0. The van der Waals surface area contributed by atoms with Crippen LogP contribution < -0.4 is 0 Å². The molecule has 0 saturated carbocycles. The average molecular weight is 138 g/mol. The van der Waals surface area contributed by atoms with E-state index >= 15 is 0 Å². The lowest BCUT2D eigenvalue weighted by atomic mass is 10.2. The van der Waals surface area contributed by atoms with Crippen molar-refractivity contribution in [3.63, 3.8) is 0 Å². The highest BCUT2D eigenvalue weighted by Gasteiger charge is 2.10. The van der Waals surface area contributed by atoms with Crippen LogP contribution in [0.4, 0.5) is 0 Å². The van der Waals surface area contributed by atoms with Crippen LogP contribution in [-0.4, -0.2) is 18.1 Å². The lowest BCUT2D eigenvalue weighted by Gasteiger charge is -1.97. The van der Waals surface area contributed by atoms with E-state index in [1.54, 1.807) is 0 Å². The van der Waals surface area contributed by atoms with E-state index in [1.165, 1.54) is 5.71 Å². The molecule has 0 saturated heterocycles. The molecule has 0 amide bonds. The molecule has 0 atom stereocenters. The van der Waals surface area contributed by atoms with Crippen molar-refractivity contribution >= 4 is 11.5 Å². The van der Waals surface area contributed by atoms with Gasteiger partial charge >= 0.3 is 0 Å². The third-order valence-electron chi connectivity index (χ3n) is 1.62. The summed E-state index contributed by atoms with van der Waals surface area (Å²) in [6.07, 6.45) is 1.04. The smallest absolute Gasteiger partial charge is 0.126 e. The molecule has 0 aliphatic carbocycles. The summed E-state index contributed by atoms with van der Waals surface area (Å²) in [5.41, 5.74) is 1.23. The Balaban J connectivity index is 2.59. The maximum atomic E-state index is 4.37. The Kier molecular flexibility index (Phi) is 2.20. The van der Waals surface area contributed by atoms with Gasteiger partial charge in [-0.15, -0.1) is 0 Å². The molecular formula is C8H14N2. The van der Waals surface area contributed by atoms with E-state index < -0.39 is 0 Å². The van der Waals surface area contributed by atoms with Crippen molar-refractivity contribution in [2.75, 3.05) is 6.54 Å². The Hall–Kier alpha value is -0.660. The zero-order valence-electron chi connectivity index (χ0n) is 6.89. The number of aliphatic imine (C=N–C) groups is 2. The highest BCUT2D eigenvalue weighted by atomic mass is 15.0. The van der Waals surface area contributed by atoms with Crippen LogP contribution in [0.3, 0.4) is 0 Å². The number of nitrogens with zero attached hydrogens (tertiary/aromatic N) is 2. The van der Waals surface area contributed by atoms with Crippen LogP contribution in [0.1, 0.15) is 27.2 Å². The molecule has 0 fully saturated rings. The van der Waals surface area contributed by atoms with Crippen molar-refractivity contribution in [3.8, 4) is 0 Å². The number of rotatable bonds is 2. The largest absolute Gasteiger partial charge is 0.264 e. The molecule has 0 unspecified atom stereocenters. The molecule has 1 aliphatic rings. The Bertz CT molecular complexity index is 178. The van der Waals surface area contributed by atoms with Crippen molar-refractivity contribution < 1.29 is 0 Å². The first-order chi connectivity index (χ1) is 4.74. The van der Waals surface area contributed by atoms with E-state index in [0.717, 1.165) is 18.8 Å². The van der Waals surface area contributed by atoms with Crippen molar-refractivity contribution in [2.24, 2.45) is 15.9 Å². The normalized spacial score (nSPS) is 17.6. The lowest BCUT2D eigenvalue weighted by Crippen LogP contribution is -2.01. The predicted molar refractivity (Wildman–Crippen MR) is 44.9 cm³/mol. The van der Waals surface area contributed by atoms with Crippen LogP contribution in [0, 0.1) is 5.92 Å². The first kappa shape index (κ1) is 7.45. The van der Waals surface area contributed by atoms with Gasteiger partial charge in [0.1, 0.15) is 5.84 Å². The molecule has 1 heterocycles. The highest BCUT2D eigenvalue weighted by Crippen LogP contribution is 2.06. The van der Waals surface area contributed by atoms with Gasteiger partial charge in [-0.2, -0.15) is 0 Å². The molecule has 0 N–H and O–H groups in total. The van der Waals surface area contributed by atoms with E-state index in [1.807, 2.05) is 0 Å². The topological polar surface area (TPSA) is 24.7 Å². The molecule has 1 aliphatic heterocycles. The molecule has 1 rings (SSSR count). The van der Waals surface area contributed by atoms with Crippen molar-refractivity contribution in [1.29, 1.82) is 0 Å². The van der Waals surface area contributed by atoms with Crippen LogP contribution in [-0.2, 0) is 0 Å². The zero-order chi connectivity index (χ0) is 7.56. The van der Waals surface area contributed by atoms with Crippen LogP contribution >= 0.6 is 0 Å². The first-order valence-electron chi connectivity index (χ1n) is 3.84. The van der Waals surface area contributed by atoms with E-state index in [2.05, 4.69) is 30.8 Å². The molecule has 0 radical (unpaired) electrons. The molecule has 0 spiro atoms. The summed E-state index contributed by atoms with van der Waals surface area (Å²) >= 11 is 0. The molecule has 56 valence electrons. The van der Waals surface area contributed by atoms with Gasteiger partial charge in [0.15, 0.2) is 0 Å². The third-order valence-corrected chi connectivity index (χ3v) is 1.62. The molecule has 0 aromatic rings. The molecule has 0 bridgehead atoms. The quantitative estimate of drug-likeness (QED) is 0.557. The highest BCUT2D eigenvalue weighted by molar-refractivity contribution is 6.04. The molecule has 0 aromatic heterocycles. The second-order valence-corrected chi connectivity index (χ2v) is 2.86. The van der Waals surface area contributed by atoms with Gasteiger partial charge in [0, 0.05) is 11.6 Å². The van der Waals surface area contributed by atoms with E-state index in [9.17, 15) is 0 Å². The van der Waals surface area contributed by atoms with Gasteiger partial charge in [-0.1, -0.05) is 20.8 Å². The van der Waals surface area contributed by atoms with Gasteiger partial charge < -0.3 is 0 Å².